The quantitative estimate of drug-likeness (QED) is 0.762. The van der Waals surface area contributed by atoms with Crippen LogP contribution in [0.25, 0.3) is 11.3 Å². The van der Waals surface area contributed by atoms with Gasteiger partial charge in [-0.2, -0.15) is 5.10 Å². The van der Waals surface area contributed by atoms with Gasteiger partial charge in [-0.15, -0.1) is 0 Å². The van der Waals surface area contributed by atoms with E-state index in [0.717, 1.165) is 24.2 Å². The van der Waals surface area contributed by atoms with Crippen LogP contribution in [0.4, 0.5) is 0 Å². The molecule has 1 saturated heterocycles. The highest BCUT2D eigenvalue weighted by molar-refractivity contribution is 5.92. The van der Waals surface area contributed by atoms with Gasteiger partial charge in [0.2, 0.25) is 0 Å². The van der Waals surface area contributed by atoms with E-state index in [2.05, 4.69) is 20.3 Å². The molecule has 1 aliphatic rings. The molecule has 0 aromatic carbocycles. The molecule has 0 saturated carbocycles. The topological polar surface area (TPSA) is 105 Å². The Labute approximate surface area is 155 Å². The molecule has 1 N–H and O–H groups in total. The Morgan fingerprint density at radius 3 is 2.74 bits per heavy atom. The molecule has 0 aliphatic carbocycles. The Balaban J connectivity index is 1.53. The highest BCUT2D eigenvalue weighted by atomic mass is 16.5. The van der Waals surface area contributed by atoms with Crippen molar-refractivity contribution in [1.29, 1.82) is 0 Å². The molecule has 138 valence electrons. The smallest absolute Gasteiger partial charge is 0.272 e. The third-order valence-electron chi connectivity index (χ3n) is 4.78. The lowest BCUT2D eigenvalue weighted by molar-refractivity contribution is 0.0706. The lowest BCUT2D eigenvalue weighted by Gasteiger charge is -2.31. The van der Waals surface area contributed by atoms with E-state index in [1.165, 1.54) is 6.07 Å². The molecule has 1 aliphatic heterocycles. The van der Waals surface area contributed by atoms with Crippen molar-refractivity contribution in [2.75, 3.05) is 13.1 Å². The second-order valence-corrected chi connectivity index (χ2v) is 6.65. The Morgan fingerprint density at radius 2 is 2.07 bits per heavy atom. The maximum absolute atomic E-state index is 12.6. The molecule has 0 atom stereocenters. The van der Waals surface area contributed by atoms with Crippen molar-refractivity contribution in [3.8, 4) is 11.3 Å². The lowest BCUT2D eigenvalue weighted by Crippen LogP contribution is -2.38. The minimum Gasteiger partial charge on any atom is -0.356 e. The van der Waals surface area contributed by atoms with Crippen LogP contribution in [0.2, 0.25) is 0 Å². The highest BCUT2D eigenvalue weighted by Gasteiger charge is 2.28. The van der Waals surface area contributed by atoms with Gasteiger partial charge in [0.1, 0.15) is 5.69 Å². The van der Waals surface area contributed by atoms with Gasteiger partial charge in [-0.3, -0.25) is 14.6 Å². The molecule has 3 aromatic rings. The summed E-state index contributed by atoms with van der Waals surface area (Å²) in [7, 11) is 0. The predicted octanol–water partition coefficient (Wildman–Crippen LogP) is 2.15. The van der Waals surface area contributed by atoms with Gasteiger partial charge in [0.05, 0.1) is 11.4 Å². The molecule has 3 aromatic heterocycles. The molecule has 8 heteroatoms. The molecule has 8 nitrogen and oxygen atoms in total. The molecule has 0 bridgehead atoms. The number of H-pyrrole nitrogens is 1. The number of hydrogen-bond donors (Lipinski definition) is 1. The summed E-state index contributed by atoms with van der Waals surface area (Å²) in [6.45, 7) is 3.04. The van der Waals surface area contributed by atoms with Crippen molar-refractivity contribution in [3.05, 3.63) is 64.0 Å². The number of pyridine rings is 1. The summed E-state index contributed by atoms with van der Waals surface area (Å²) >= 11 is 0. The van der Waals surface area contributed by atoms with Crippen LogP contribution in [0.5, 0.6) is 0 Å². The number of nitrogens with zero attached hydrogens (tertiary/aromatic N) is 4. The third kappa shape index (κ3) is 3.51. The molecular formula is C19H19N5O3. The summed E-state index contributed by atoms with van der Waals surface area (Å²) in [4.78, 5) is 30.3. The van der Waals surface area contributed by atoms with Crippen LogP contribution in [0.15, 0.2) is 45.8 Å². The predicted molar refractivity (Wildman–Crippen MR) is 97.2 cm³/mol. The van der Waals surface area contributed by atoms with E-state index in [9.17, 15) is 9.59 Å². The first kappa shape index (κ1) is 17.1. The van der Waals surface area contributed by atoms with Gasteiger partial charge in [-0.1, -0.05) is 11.2 Å². The number of hydrogen-bond acceptors (Lipinski definition) is 6. The first-order valence-electron chi connectivity index (χ1n) is 8.85. The molecule has 4 rings (SSSR count). The largest absolute Gasteiger partial charge is 0.356 e. The molecule has 0 radical (unpaired) electrons. The fraction of sp³-hybridized carbons (Fsp3) is 0.316. The van der Waals surface area contributed by atoms with E-state index in [0.29, 0.717) is 30.1 Å². The Bertz CT molecular complexity index is 1000. The van der Waals surface area contributed by atoms with Crippen molar-refractivity contribution in [2.24, 2.45) is 0 Å². The number of aryl methyl sites for hydroxylation is 1. The molecular weight excluding hydrogens is 346 g/mol. The van der Waals surface area contributed by atoms with Crippen LogP contribution >= 0.6 is 0 Å². The minimum absolute atomic E-state index is 0.0606. The number of rotatable bonds is 3. The Kier molecular flexibility index (Phi) is 4.53. The number of likely N-dealkylation sites (tertiary alicyclic amines) is 1. The molecule has 4 heterocycles. The van der Waals surface area contributed by atoms with Crippen molar-refractivity contribution in [1.82, 2.24) is 25.2 Å². The number of carbonyl (C=O) groups excluding carboxylic acids is 1. The van der Waals surface area contributed by atoms with E-state index in [1.807, 2.05) is 17.9 Å². The van der Waals surface area contributed by atoms with Crippen LogP contribution in [-0.2, 0) is 0 Å². The SMILES string of the molecule is Cc1cc(-c2cc(=O)[nH]nc2C2CCN(C(=O)c3ccccn3)CC2)on1. The Hall–Kier alpha value is -3.29. The normalized spacial score (nSPS) is 15.1. The lowest BCUT2D eigenvalue weighted by atomic mass is 9.90. The van der Waals surface area contributed by atoms with Crippen molar-refractivity contribution < 1.29 is 9.32 Å². The Morgan fingerprint density at radius 1 is 1.26 bits per heavy atom. The average Bonchev–Trinajstić information content (AvgIpc) is 3.14. The fourth-order valence-electron chi connectivity index (χ4n) is 3.42. The van der Waals surface area contributed by atoms with E-state index in [1.54, 1.807) is 24.4 Å². The molecule has 27 heavy (non-hydrogen) atoms. The molecule has 0 spiro atoms. The number of aromatic amines is 1. The van der Waals surface area contributed by atoms with Crippen LogP contribution < -0.4 is 5.56 Å². The summed E-state index contributed by atoms with van der Waals surface area (Å²) in [5, 5.41) is 10.7. The summed E-state index contributed by atoms with van der Waals surface area (Å²) in [6.07, 6.45) is 3.12. The van der Waals surface area contributed by atoms with E-state index >= 15 is 0 Å². The molecule has 0 unspecified atom stereocenters. The van der Waals surface area contributed by atoms with Gasteiger partial charge >= 0.3 is 0 Å². The zero-order chi connectivity index (χ0) is 18.8. The number of piperidine rings is 1. The summed E-state index contributed by atoms with van der Waals surface area (Å²) in [6, 6.07) is 8.61. The van der Waals surface area contributed by atoms with Crippen LogP contribution in [0, 0.1) is 6.92 Å². The minimum atomic E-state index is -0.287. The number of amides is 1. The van der Waals surface area contributed by atoms with Gasteiger partial charge in [0.25, 0.3) is 11.5 Å². The highest BCUT2D eigenvalue weighted by Crippen LogP contribution is 2.33. The van der Waals surface area contributed by atoms with Crippen LogP contribution in [-0.4, -0.2) is 44.2 Å². The van der Waals surface area contributed by atoms with Crippen LogP contribution in [0.3, 0.4) is 0 Å². The molecule has 1 fully saturated rings. The van der Waals surface area contributed by atoms with E-state index in [-0.39, 0.29) is 17.4 Å². The maximum atomic E-state index is 12.6. The molecule has 1 amide bonds. The van der Waals surface area contributed by atoms with Crippen molar-refractivity contribution >= 4 is 5.91 Å². The number of aromatic nitrogens is 4. The number of nitrogens with one attached hydrogen (secondary N) is 1. The van der Waals surface area contributed by atoms with Crippen molar-refractivity contribution in [2.45, 2.75) is 25.7 Å². The number of carbonyl (C=O) groups is 1. The van der Waals surface area contributed by atoms with Crippen molar-refractivity contribution in [3.63, 3.8) is 0 Å². The average molecular weight is 365 g/mol. The van der Waals surface area contributed by atoms with Gasteiger partial charge in [-0.25, -0.2) is 5.10 Å². The fourth-order valence-corrected chi connectivity index (χ4v) is 3.42. The second kappa shape index (κ2) is 7.14. The van der Waals surface area contributed by atoms with Gasteiger partial charge < -0.3 is 9.42 Å². The summed E-state index contributed by atoms with van der Waals surface area (Å²) in [5.74, 6) is 0.595. The first-order chi connectivity index (χ1) is 13.1. The van der Waals surface area contributed by atoms with Crippen LogP contribution in [0.1, 0.15) is 40.6 Å². The second-order valence-electron chi connectivity index (χ2n) is 6.65. The third-order valence-corrected chi connectivity index (χ3v) is 4.78. The zero-order valence-corrected chi connectivity index (χ0v) is 14.9. The van der Waals surface area contributed by atoms with Gasteiger partial charge in [0, 0.05) is 42.9 Å². The maximum Gasteiger partial charge on any atom is 0.272 e. The van der Waals surface area contributed by atoms with Gasteiger partial charge in [0.15, 0.2) is 5.76 Å². The first-order valence-corrected chi connectivity index (χ1v) is 8.85. The summed E-state index contributed by atoms with van der Waals surface area (Å²) < 4.78 is 5.34. The summed E-state index contributed by atoms with van der Waals surface area (Å²) in [5.41, 5.74) is 2.35. The van der Waals surface area contributed by atoms with E-state index < -0.39 is 0 Å². The zero-order valence-electron chi connectivity index (χ0n) is 14.9. The van der Waals surface area contributed by atoms with Gasteiger partial charge in [-0.05, 0) is 31.9 Å². The monoisotopic (exact) mass is 365 g/mol. The van der Waals surface area contributed by atoms with E-state index in [4.69, 9.17) is 4.52 Å². The standard InChI is InChI=1S/C19H19N5O3/c1-12-10-16(27-23-12)14-11-17(25)21-22-18(14)13-5-8-24(9-6-13)19(26)15-4-2-3-7-20-15/h2-4,7,10-11,13H,5-6,8-9H2,1H3,(H,21,25).